The minimum atomic E-state index is -0.789. The maximum absolute atomic E-state index is 10.1. The molecule has 1 rings (SSSR count). The van der Waals surface area contributed by atoms with Gasteiger partial charge in [-0.1, -0.05) is 0 Å². The predicted molar refractivity (Wildman–Crippen MR) is 38.1 cm³/mol. The van der Waals surface area contributed by atoms with Crippen LogP contribution in [0.4, 0.5) is 0 Å². The average molecular weight is 169 g/mol. The third-order valence-corrected chi connectivity index (χ3v) is 1.94. The standard InChI is InChI=1S/C5H7NO2S.Na.H/c7-5(8)3-4-6-1-2-9-4;;/h1-3H2,(H,7,8);;/q;+1;-1. The molecule has 1 aliphatic rings. The summed E-state index contributed by atoms with van der Waals surface area (Å²) in [6.07, 6.45) is 0.102. The number of nitrogens with zero attached hydrogens (tertiary/aromatic N) is 1. The van der Waals surface area contributed by atoms with Crippen molar-refractivity contribution in [3.8, 4) is 0 Å². The van der Waals surface area contributed by atoms with E-state index in [2.05, 4.69) is 4.99 Å². The molecule has 52 valence electrons. The third-order valence-electron chi connectivity index (χ3n) is 0.951. The zero-order valence-electron chi connectivity index (χ0n) is 6.83. The van der Waals surface area contributed by atoms with Crippen molar-refractivity contribution in [3.63, 3.8) is 0 Å². The molecule has 0 spiro atoms. The van der Waals surface area contributed by atoms with E-state index < -0.39 is 5.97 Å². The largest absolute Gasteiger partial charge is 1.00 e. The van der Waals surface area contributed by atoms with Crippen LogP contribution in [0.5, 0.6) is 0 Å². The Bertz CT molecular complexity index is 165. The molecule has 0 radical (unpaired) electrons. The molecule has 0 amide bonds. The van der Waals surface area contributed by atoms with Crippen molar-refractivity contribution >= 4 is 22.8 Å². The minimum absolute atomic E-state index is 0. The molecular weight excluding hydrogens is 161 g/mol. The molecule has 0 saturated carbocycles. The quantitative estimate of drug-likeness (QED) is 0.474. The van der Waals surface area contributed by atoms with Gasteiger partial charge < -0.3 is 6.53 Å². The first kappa shape index (κ1) is 10.5. The van der Waals surface area contributed by atoms with Gasteiger partial charge in [0.15, 0.2) is 0 Å². The topological polar surface area (TPSA) is 49.7 Å². The van der Waals surface area contributed by atoms with Gasteiger partial charge in [0.1, 0.15) is 0 Å². The molecule has 1 aliphatic heterocycles. The molecule has 0 aliphatic carbocycles. The van der Waals surface area contributed by atoms with Gasteiger partial charge in [-0.15, -0.1) is 11.8 Å². The van der Waals surface area contributed by atoms with Gasteiger partial charge in [-0.2, -0.15) is 0 Å². The fourth-order valence-corrected chi connectivity index (χ4v) is 1.44. The Morgan fingerprint density at radius 2 is 2.60 bits per heavy atom. The molecule has 0 aromatic rings. The first-order chi connectivity index (χ1) is 4.29. The fourth-order valence-electron chi connectivity index (χ4n) is 0.616. The second-order valence-electron chi connectivity index (χ2n) is 1.69. The van der Waals surface area contributed by atoms with E-state index in [1.54, 1.807) is 0 Å². The van der Waals surface area contributed by atoms with E-state index in [4.69, 9.17) is 5.11 Å². The average Bonchev–Trinajstić information content (AvgIpc) is 2.15. The Balaban J connectivity index is 0. The molecule has 0 bridgehead atoms. The summed E-state index contributed by atoms with van der Waals surface area (Å²) in [4.78, 5) is 14.0. The zero-order chi connectivity index (χ0) is 6.69. The van der Waals surface area contributed by atoms with Gasteiger partial charge in [0.25, 0.3) is 0 Å². The molecule has 1 N–H and O–H groups in total. The van der Waals surface area contributed by atoms with Crippen molar-refractivity contribution in [3.05, 3.63) is 0 Å². The molecule has 3 nitrogen and oxygen atoms in total. The van der Waals surface area contributed by atoms with Crippen LogP contribution >= 0.6 is 11.8 Å². The van der Waals surface area contributed by atoms with Crippen LogP contribution in [0.1, 0.15) is 7.85 Å². The third kappa shape index (κ3) is 3.61. The van der Waals surface area contributed by atoms with E-state index in [9.17, 15) is 4.79 Å². The van der Waals surface area contributed by atoms with Crippen molar-refractivity contribution in [2.75, 3.05) is 12.3 Å². The number of carboxylic acids is 1. The second kappa shape index (κ2) is 5.18. The number of carboxylic acid groups (broad SMARTS) is 1. The van der Waals surface area contributed by atoms with Crippen LogP contribution in [0, 0.1) is 0 Å². The Morgan fingerprint density at radius 1 is 1.90 bits per heavy atom. The van der Waals surface area contributed by atoms with Gasteiger partial charge in [-0.25, -0.2) is 0 Å². The van der Waals surface area contributed by atoms with E-state index in [0.717, 1.165) is 17.3 Å². The Kier molecular flexibility index (Phi) is 5.44. The molecule has 0 atom stereocenters. The smallest absolute Gasteiger partial charge is 1.00 e. The Hall–Kier alpha value is 0.490. The summed E-state index contributed by atoms with van der Waals surface area (Å²) in [5.74, 6) is 0.158. The summed E-state index contributed by atoms with van der Waals surface area (Å²) in [7, 11) is 0. The number of aliphatic imine (C=N–C) groups is 1. The zero-order valence-corrected chi connectivity index (χ0v) is 8.65. The maximum atomic E-state index is 10.1. The monoisotopic (exact) mass is 169 g/mol. The molecule has 5 heteroatoms. The Morgan fingerprint density at radius 3 is 3.00 bits per heavy atom. The van der Waals surface area contributed by atoms with Crippen LogP contribution in [0.2, 0.25) is 0 Å². The van der Waals surface area contributed by atoms with Crippen molar-refractivity contribution in [1.29, 1.82) is 0 Å². The van der Waals surface area contributed by atoms with Crippen molar-refractivity contribution < 1.29 is 40.9 Å². The predicted octanol–water partition coefficient (Wildman–Crippen LogP) is -2.28. The van der Waals surface area contributed by atoms with Gasteiger partial charge in [-0.3, -0.25) is 9.79 Å². The summed E-state index contributed by atoms with van der Waals surface area (Å²) in [6.45, 7) is 0.785. The number of carbonyl (C=O) groups is 1. The molecule has 0 aromatic carbocycles. The van der Waals surface area contributed by atoms with E-state index in [1.165, 1.54) is 11.8 Å². The molecule has 0 unspecified atom stereocenters. The molecule has 0 aromatic heterocycles. The summed E-state index contributed by atoms with van der Waals surface area (Å²) in [5, 5.41) is 9.05. The normalized spacial score (nSPS) is 15.8. The SMILES string of the molecule is O=C(O)CC1=NCCS1.[H-].[Na+]. The van der Waals surface area contributed by atoms with Gasteiger partial charge in [0.2, 0.25) is 0 Å². The Labute approximate surface area is 87.1 Å². The molecule has 0 fully saturated rings. The van der Waals surface area contributed by atoms with Crippen LogP contribution in [-0.4, -0.2) is 28.4 Å². The number of hydrogen-bond acceptors (Lipinski definition) is 3. The number of hydrogen-bond donors (Lipinski definition) is 1. The van der Waals surface area contributed by atoms with E-state index in [-0.39, 0.29) is 37.4 Å². The van der Waals surface area contributed by atoms with Crippen LogP contribution in [0.15, 0.2) is 4.99 Å². The maximum Gasteiger partial charge on any atom is 1.00 e. The van der Waals surface area contributed by atoms with E-state index in [1.807, 2.05) is 0 Å². The van der Waals surface area contributed by atoms with E-state index in [0.29, 0.717) is 0 Å². The molecular formula is C5H8NNaO2S. The summed E-state index contributed by atoms with van der Waals surface area (Å²) >= 11 is 1.54. The molecule has 0 saturated heterocycles. The first-order valence-electron chi connectivity index (χ1n) is 2.67. The van der Waals surface area contributed by atoms with Crippen LogP contribution in [-0.2, 0) is 4.79 Å². The van der Waals surface area contributed by atoms with Crippen LogP contribution in [0.25, 0.3) is 0 Å². The van der Waals surface area contributed by atoms with Gasteiger partial charge in [-0.05, 0) is 0 Å². The van der Waals surface area contributed by atoms with Crippen LogP contribution < -0.4 is 29.6 Å². The second-order valence-corrected chi connectivity index (χ2v) is 2.86. The summed E-state index contributed by atoms with van der Waals surface area (Å²) < 4.78 is 0. The number of aliphatic carboxylic acids is 1. The summed E-state index contributed by atoms with van der Waals surface area (Å²) in [5.41, 5.74) is 0. The summed E-state index contributed by atoms with van der Waals surface area (Å²) in [6, 6.07) is 0. The number of thioether (sulfide) groups is 1. The minimum Gasteiger partial charge on any atom is -1.00 e. The van der Waals surface area contributed by atoms with E-state index >= 15 is 0 Å². The van der Waals surface area contributed by atoms with Gasteiger partial charge in [0.05, 0.1) is 11.5 Å². The van der Waals surface area contributed by atoms with Gasteiger partial charge >= 0.3 is 35.5 Å². The van der Waals surface area contributed by atoms with Crippen molar-refractivity contribution in [2.45, 2.75) is 6.42 Å². The molecule has 10 heavy (non-hydrogen) atoms. The van der Waals surface area contributed by atoms with Crippen molar-refractivity contribution in [1.82, 2.24) is 0 Å². The molecule has 1 heterocycles. The first-order valence-corrected chi connectivity index (χ1v) is 3.65. The van der Waals surface area contributed by atoms with Crippen LogP contribution in [0.3, 0.4) is 0 Å². The van der Waals surface area contributed by atoms with Gasteiger partial charge in [0, 0.05) is 12.3 Å². The number of rotatable bonds is 2. The fraction of sp³-hybridized carbons (Fsp3) is 0.600. The van der Waals surface area contributed by atoms with Crippen molar-refractivity contribution in [2.24, 2.45) is 4.99 Å².